The molecule has 0 atom stereocenters. The lowest BCUT2D eigenvalue weighted by molar-refractivity contribution is 0.0445. The number of methoxy groups -OCH3 is 1. The van der Waals surface area contributed by atoms with Crippen LogP contribution in [0.4, 0.5) is 0 Å². The summed E-state index contributed by atoms with van der Waals surface area (Å²) < 4.78 is 17.6. The van der Waals surface area contributed by atoms with Crippen molar-refractivity contribution in [2.45, 2.75) is 0 Å². The molecule has 27 heavy (non-hydrogen) atoms. The molecule has 8 heteroatoms. The minimum absolute atomic E-state index is 0.0354. The number of aromatic carboxylic acids is 1. The quantitative estimate of drug-likeness (QED) is 0.276. The second-order valence-corrected chi connectivity index (χ2v) is 7.55. The Balaban J connectivity index is 1.98. The molecule has 0 fully saturated rings. The van der Waals surface area contributed by atoms with Gasteiger partial charge in [-0.2, -0.15) is 0 Å². The smallest absolute Gasteiger partial charge is 0.342 e. The number of halogens is 2. The molecule has 0 saturated carbocycles. The lowest BCUT2D eigenvalue weighted by atomic mass is 10.1. The van der Waals surface area contributed by atoms with Crippen LogP contribution in [0.15, 0.2) is 36.9 Å². The number of rotatable bonds is 8. The van der Waals surface area contributed by atoms with Crippen molar-refractivity contribution in [2.24, 2.45) is 0 Å². The molecular formula is C19H16I2O6. The lowest BCUT2D eigenvalue weighted by Crippen LogP contribution is -2.14. The van der Waals surface area contributed by atoms with Crippen molar-refractivity contribution in [3.05, 3.63) is 60.7 Å². The van der Waals surface area contributed by atoms with Gasteiger partial charge in [0.05, 0.1) is 19.8 Å². The number of hydrogen-bond acceptors (Lipinski definition) is 5. The van der Waals surface area contributed by atoms with Crippen molar-refractivity contribution in [3.8, 4) is 11.5 Å². The summed E-state index contributed by atoms with van der Waals surface area (Å²) in [5, 5.41) is 8.96. The zero-order chi connectivity index (χ0) is 20.0. The van der Waals surface area contributed by atoms with Gasteiger partial charge in [0.15, 0.2) is 0 Å². The maximum absolute atomic E-state index is 12.4. The van der Waals surface area contributed by atoms with Crippen molar-refractivity contribution < 1.29 is 28.9 Å². The Hall–Kier alpha value is -1.82. The third-order valence-electron chi connectivity index (χ3n) is 3.48. The summed E-state index contributed by atoms with van der Waals surface area (Å²) in [6.07, 6.45) is 1.64. The highest BCUT2D eigenvalue weighted by Gasteiger charge is 2.17. The molecule has 0 unspecified atom stereocenters. The largest absolute Gasteiger partial charge is 0.495 e. The highest BCUT2D eigenvalue weighted by Crippen LogP contribution is 2.28. The first-order valence-corrected chi connectivity index (χ1v) is 9.85. The van der Waals surface area contributed by atoms with Crippen LogP contribution >= 0.6 is 45.2 Å². The van der Waals surface area contributed by atoms with E-state index in [0.29, 0.717) is 20.6 Å². The van der Waals surface area contributed by atoms with Gasteiger partial charge in [0, 0.05) is 0 Å². The summed E-state index contributed by atoms with van der Waals surface area (Å²) in [4.78, 5) is 23.3. The van der Waals surface area contributed by atoms with E-state index in [1.165, 1.54) is 19.2 Å². The predicted molar refractivity (Wildman–Crippen MR) is 118 cm³/mol. The Morgan fingerprint density at radius 2 is 1.89 bits per heavy atom. The molecule has 0 amide bonds. The van der Waals surface area contributed by atoms with Crippen molar-refractivity contribution in [2.75, 3.05) is 20.3 Å². The van der Waals surface area contributed by atoms with E-state index in [1.807, 2.05) is 28.7 Å². The molecule has 0 aliphatic heterocycles. The molecule has 142 valence electrons. The van der Waals surface area contributed by atoms with Crippen LogP contribution < -0.4 is 9.47 Å². The van der Waals surface area contributed by atoms with E-state index in [2.05, 4.69) is 29.2 Å². The van der Waals surface area contributed by atoms with Crippen LogP contribution in [0.5, 0.6) is 11.5 Å². The zero-order valence-electron chi connectivity index (χ0n) is 14.3. The Labute approximate surface area is 183 Å². The van der Waals surface area contributed by atoms with Crippen LogP contribution in [0, 0.1) is 7.14 Å². The van der Waals surface area contributed by atoms with Gasteiger partial charge >= 0.3 is 11.9 Å². The van der Waals surface area contributed by atoms with Gasteiger partial charge in [-0.25, -0.2) is 9.59 Å². The third kappa shape index (κ3) is 5.58. The topological polar surface area (TPSA) is 82.1 Å². The van der Waals surface area contributed by atoms with Crippen molar-refractivity contribution >= 4 is 63.2 Å². The fraction of sp³-hybridized carbons (Fsp3) is 0.158. The van der Waals surface area contributed by atoms with E-state index >= 15 is 0 Å². The summed E-state index contributed by atoms with van der Waals surface area (Å²) >= 11 is 4.08. The molecule has 0 bridgehead atoms. The highest BCUT2D eigenvalue weighted by atomic mass is 127. The van der Waals surface area contributed by atoms with Gasteiger partial charge in [-0.3, -0.25) is 0 Å². The normalized spacial score (nSPS) is 10.2. The number of ether oxygens (including phenoxy) is 3. The van der Waals surface area contributed by atoms with Crippen LogP contribution in [-0.4, -0.2) is 37.4 Å². The van der Waals surface area contributed by atoms with Gasteiger partial charge in [0.25, 0.3) is 0 Å². The van der Waals surface area contributed by atoms with Crippen molar-refractivity contribution in [1.29, 1.82) is 0 Å². The Kier molecular flexibility index (Phi) is 7.90. The number of carboxylic acid groups (broad SMARTS) is 1. The second-order valence-electron chi connectivity index (χ2n) is 5.22. The number of carboxylic acids is 1. The van der Waals surface area contributed by atoms with E-state index in [9.17, 15) is 9.59 Å². The number of carbonyl (C=O) groups excluding carboxylic acids is 1. The van der Waals surface area contributed by atoms with Gasteiger partial charge in [0.1, 0.15) is 30.3 Å². The SMILES string of the molecule is C=Cc1cc(I)c(OC)c(C(=O)OCCOc2ccc(C(=O)O)cc2I)c1. The second kappa shape index (κ2) is 9.93. The molecule has 0 saturated heterocycles. The molecule has 2 aromatic carbocycles. The van der Waals surface area contributed by atoms with Crippen LogP contribution in [0.3, 0.4) is 0 Å². The Morgan fingerprint density at radius 1 is 1.15 bits per heavy atom. The standard InChI is InChI=1S/C19H16I2O6/c1-3-11-8-13(17(25-2)15(21)9-11)19(24)27-7-6-26-16-5-4-12(18(22)23)10-14(16)20/h3-5,8-10H,1,6-7H2,2H3,(H,22,23). The van der Waals surface area contributed by atoms with E-state index in [1.54, 1.807) is 18.2 Å². The van der Waals surface area contributed by atoms with Crippen molar-refractivity contribution in [1.82, 2.24) is 0 Å². The third-order valence-corrected chi connectivity index (χ3v) is 5.12. The van der Waals surface area contributed by atoms with Gasteiger partial charge in [-0.05, 0) is 81.1 Å². The predicted octanol–water partition coefficient (Wildman–Crippen LogP) is 4.48. The first-order chi connectivity index (χ1) is 12.9. The van der Waals surface area contributed by atoms with Crippen molar-refractivity contribution in [3.63, 3.8) is 0 Å². The summed E-state index contributed by atoms with van der Waals surface area (Å²) in [7, 11) is 1.49. The zero-order valence-corrected chi connectivity index (χ0v) is 18.6. The summed E-state index contributed by atoms with van der Waals surface area (Å²) in [6, 6.07) is 8.06. The van der Waals surface area contributed by atoms with Gasteiger partial charge in [-0.15, -0.1) is 0 Å². The molecule has 0 spiro atoms. The molecule has 0 radical (unpaired) electrons. The van der Waals surface area contributed by atoms with Gasteiger partial charge in [0.2, 0.25) is 0 Å². The average molecular weight is 594 g/mol. The van der Waals surface area contributed by atoms with Crippen LogP contribution in [0.2, 0.25) is 0 Å². The molecule has 6 nitrogen and oxygen atoms in total. The fourth-order valence-corrected chi connectivity index (χ4v) is 3.75. The molecule has 0 aliphatic carbocycles. The monoisotopic (exact) mass is 594 g/mol. The van der Waals surface area contributed by atoms with Crippen LogP contribution in [0.25, 0.3) is 6.08 Å². The first kappa shape index (κ1) is 21.5. The summed E-state index contributed by atoms with van der Waals surface area (Å²) in [5.41, 5.74) is 1.29. The van der Waals surface area contributed by atoms with E-state index in [4.69, 9.17) is 19.3 Å². The maximum Gasteiger partial charge on any atom is 0.342 e. The van der Waals surface area contributed by atoms with Crippen LogP contribution in [0.1, 0.15) is 26.3 Å². The summed E-state index contributed by atoms with van der Waals surface area (Å²) in [5.74, 6) is -0.546. The molecule has 0 aromatic heterocycles. The van der Waals surface area contributed by atoms with E-state index < -0.39 is 11.9 Å². The Bertz CT molecular complexity index is 879. The molecule has 0 aliphatic rings. The highest BCUT2D eigenvalue weighted by molar-refractivity contribution is 14.1. The first-order valence-electron chi connectivity index (χ1n) is 7.70. The molecule has 0 heterocycles. The Morgan fingerprint density at radius 3 is 2.48 bits per heavy atom. The van der Waals surface area contributed by atoms with E-state index in [-0.39, 0.29) is 18.8 Å². The number of esters is 1. The molecular weight excluding hydrogens is 578 g/mol. The maximum atomic E-state index is 12.4. The minimum atomic E-state index is -1.00. The molecule has 2 rings (SSSR count). The van der Waals surface area contributed by atoms with E-state index in [0.717, 1.165) is 9.13 Å². The van der Waals surface area contributed by atoms with Gasteiger partial charge < -0.3 is 19.3 Å². The lowest BCUT2D eigenvalue weighted by Gasteiger charge is -2.12. The number of benzene rings is 2. The van der Waals surface area contributed by atoms with Gasteiger partial charge in [-0.1, -0.05) is 12.7 Å². The number of carbonyl (C=O) groups is 2. The summed E-state index contributed by atoms with van der Waals surface area (Å²) in [6.45, 7) is 3.88. The molecule has 1 N–H and O–H groups in total. The van der Waals surface area contributed by atoms with Crippen LogP contribution in [-0.2, 0) is 4.74 Å². The minimum Gasteiger partial charge on any atom is -0.495 e. The average Bonchev–Trinajstić information content (AvgIpc) is 2.65. The number of hydrogen-bond donors (Lipinski definition) is 1. The molecule has 2 aromatic rings. The fourth-order valence-electron chi connectivity index (χ4n) is 2.21.